The highest BCUT2D eigenvalue weighted by molar-refractivity contribution is 6.13. The van der Waals surface area contributed by atoms with Crippen LogP contribution in [0.3, 0.4) is 0 Å². The number of aromatic nitrogens is 4. The Balaban J connectivity index is 1.30. The highest BCUT2D eigenvalue weighted by Crippen LogP contribution is 2.40. The number of hydrogen-bond donors (Lipinski definition) is 1. The molecule has 37 heavy (non-hydrogen) atoms. The van der Waals surface area contributed by atoms with Gasteiger partial charge in [-0.1, -0.05) is 25.8 Å². The first-order valence-corrected chi connectivity index (χ1v) is 13.7. The molecule has 5 heterocycles. The highest BCUT2D eigenvalue weighted by atomic mass is 16.5. The Morgan fingerprint density at radius 2 is 1.95 bits per heavy atom. The van der Waals surface area contributed by atoms with Crippen LogP contribution in [0.4, 0.5) is 5.69 Å². The molecule has 3 aromatic heterocycles. The third-order valence-corrected chi connectivity index (χ3v) is 7.89. The van der Waals surface area contributed by atoms with Crippen LogP contribution in [0, 0.1) is 0 Å². The fraction of sp³-hybridized carbons (Fsp3) is 0.483. The molecule has 1 unspecified atom stereocenters. The molecule has 194 valence electrons. The van der Waals surface area contributed by atoms with E-state index in [1.165, 1.54) is 32.4 Å². The molecule has 1 atom stereocenters. The van der Waals surface area contributed by atoms with Crippen molar-refractivity contribution in [2.24, 2.45) is 7.05 Å². The average Bonchev–Trinajstić information content (AvgIpc) is 3.06. The number of piperidine rings is 1. The van der Waals surface area contributed by atoms with E-state index in [1.807, 2.05) is 36.1 Å². The smallest absolute Gasteiger partial charge is 0.328 e. The van der Waals surface area contributed by atoms with E-state index in [-0.39, 0.29) is 11.7 Å². The quantitative estimate of drug-likeness (QED) is 0.350. The number of nitrogens with one attached hydrogen (secondary N) is 1. The van der Waals surface area contributed by atoms with Crippen LogP contribution in [0.25, 0.3) is 33.1 Å². The van der Waals surface area contributed by atoms with Gasteiger partial charge in [0.2, 0.25) is 5.88 Å². The van der Waals surface area contributed by atoms with E-state index in [0.717, 1.165) is 64.6 Å². The molecule has 0 radical (unpaired) electrons. The summed E-state index contributed by atoms with van der Waals surface area (Å²) in [6.45, 7) is 7.03. The zero-order valence-corrected chi connectivity index (χ0v) is 21.9. The number of rotatable bonds is 8. The first kappa shape index (κ1) is 24.0. The standard InChI is InChI=1S/C29H36N6O2/c1-3-8-21-19-35-28-24(33(2)29(35)36)18-30-23-11-10-22(27(32-21)26(23)28)20-9-12-25(31-17-20)37-16-7-15-34-13-5-4-6-14-34/h9-12,17-18,21,32H,3-8,13-16,19H2,1-2H3. The predicted molar refractivity (Wildman–Crippen MR) is 148 cm³/mol. The van der Waals surface area contributed by atoms with E-state index < -0.39 is 0 Å². The van der Waals surface area contributed by atoms with Crippen LogP contribution in [0.5, 0.6) is 5.88 Å². The molecule has 1 N–H and O–H groups in total. The Kier molecular flexibility index (Phi) is 6.59. The van der Waals surface area contributed by atoms with Crippen molar-refractivity contribution in [2.75, 3.05) is 31.6 Å². The topological polar surface area (TPSA) is 77.2 Å². The van der Waals surface area contributed by atoms with E-state index in [2.05, 4.69) is 34.3 Å². The van der Waals surface area contributed by atoms with Crippen molar-refractivity contribution in [3.63, 3.8) is 0 Å². The summed E-state index contributed by atoms with van der Waals surface area (Å²) in [7, 11) is 1.83. The van der Waals surface area contributed by atoms with Crippen molar-refractivity contribution < 1.29 is 4.74 Å². The molecule has 1 fully saturated rings. The monoisotopic (exact) mass is 500 g/mol. The molecule has 1 saturated heterocycles. The summed E-state index contributed by atoms with van der Waals surface area (Å²) in [5.74, 6) is 0.659. The summed E-state index contributed by atoms with van der Waals surface area (Å²) in [5.41, 5.74) is 5.83. The van der Waals surface area contributed by atoms with Gasteiger partial charge in [-0.3, -0.25) is 14.1 Å². The highest BCUT2D eigenvalue weighted by Gasteiger charge is 2.25. The molecule has 1 aromatic carbocycles. The lowest BCUT2D eigenvalue weighted by Crippen LogP contribution is -2.31. The second-order valence-corrected chi connectivity index (χ2v) is 10.4. The molecule has 2 aliphatic rings. The molecule has 8 heteroatoms. The Labute approximate surface area is 217 Å². The van der Waals surface area contributed by atoms with Gasteiger partial charge < -0.3 is 15.0 Å². The van der Waals surface area contributed by atoms with Crippen LogP contribution < -0.4 is 15.7 Å². The van der Waals surface area contributed by atoms with Gasteiger partial charge in [-0.2, -0.15) is 0 Å². The van der Waals surface area contributed by atoms with Crippen LogP contribution >= 0.6 is 0 Å². The Morgan fingerprint density at radius 1 is 1.08 bits per heavy atom. The maximum atomic E-state index is 13.1. The maximum absolute atomic E-state index is 13.1. The van der Waals surface area contributed by atoms with Crippen molar-refractivity contribution in [1.29, 1.82) is 0 Å². The third-order valence-electron chi connectivity index (χ3n) is 7.89. The molecular formula is C29H36N6O2. The Hall–Kier alpha value is -3.39. The summed E-state index contributed by atoms with van der Waals surface area (Å²) in [4.78, 5) is 25.0. The minimum absolute atomic E-state index is 0.00825. The first-order chi connectivity index (χ1) is 18.1. The molecule has 0 aliphatic carbocycles. The van der Waals surface area contributed by atoms with Gasteiger partial charge in [-0.25, -0.2) is 9.78 Å². The van der Waals surface area contributed by atoms with Crippen LogP contribution in [-0.4, -0.2) is 56.3 Å². The molecule has 6 rings (SSSR count). The summed E-state index contributed by atoms with van der Waals surface area (Å²) >= 11 is 0. The summed E-state index contributed by atoms with van der Waals surface area (Å²) < 4.78 is 9.60. The lowest BCUT2D eigenvalue weighted by atomic mass is 10.00. The van der Waals surface area contributed by atoms with Gasteiger partial charge in [-0.15, -0.1) is 0 Å². The first-order valence-electron chi connectivity index (χ1n) is 13.7. The van der Waals surface area contributed by atoms with Gasteiger partial charge in [0.15, 0.2) is 0 Å². The molecule has 4 aromatic rings. The molecule has 0 bridgehead atoms. The fourth-order valence-electron chi connectivity index (χ4n) is 5.97. The maximum Gasteiger partial charge on any atom is 0.328 e. The minimum atomic E-state index is 0.00825. The van der Waals surface area contributed by atoms with Gasteiger partial charge >= 0.3 is 5.69 Å². The largest absolute Gasteiger partial charge is 0.478 e. The number of likely N-dealkylation sites (tertiary alicyclic amines) is 1. The number of hydrogen-bond acceptors (Lipinski definition) is 6. The lowest BCUT2D eigenvalue weighted by Gasteiger charge is -2.26. The zero-order chi connectivity index (χ0) is 25.4. The van der Waals surface area contributed by atoms with E-state index in [9.17, 15) is 4.79 Å². The molecule has 0 amide bonds. The average molecular weight is 501 g/mol. The number of aryl methyl sites for hydroxylation is 1. The van der Waals surface area contributed by atoms with E-state index in [4.69, 9.17) is 9.72 Å². The van der Waals surface area contributed by atoms with Gasteiger partial charge in [0, 0.05) is 49.6 Å². The van der Waals surface area contributed by atoms with Crippen LogP contribution in [0.2, 0.25) is 0 Å². The minimum Gasteiger partial charge on any atom is -0.478 e. The molecular weight excluding hydrogens is 464 g/mol. The molecule has 0 spiro atoms. The van der Waals surface area contributed by atoms with Gasteiger partial charge in [0.25, 0.3) is 0 Å². The third kappa shape index (κ3) is 4.48. The molecule has 8 nitrogen and oxygen atoms in total. The number of anilines is 1. The molecule has 0 saturated carbocycles. The fourth-order valence-corrected chi connectivity index (χ4v) is 5.97. The summed E-state index contributed by atoms with van der Waals surface area (Å²) in [6, 6.07) is 8.35. The van der Waals surface area contributed by atoms with Crippen molar-refractivity contribution in [3.05, 3.63) is 47.1 Å². The van der Waals surface area contributed by atoms with Gasteiger partial charge in [0.05, 0.1) is 40.4 Å². The summed E-state index contributed by atoms with van der Waals surface area (Å²) in [6.07, 6.45) is 10.7. The van der Waals surface area contributed by atoms with Crippen molar-refractivity contribution in [2.45, 2.75) is 58.0 Å². The van der Waals surface area contributed by atoms with Crippen LogP contribution in [0.15, 0.2) is 41.5 Å². The molecule has 2 aliphatic heterocycles. The Morgan fingerprint density at radius 3 is 2.73 bits per heavy atom. The Bertz CT molecular complexity index is 1470. The van der Waals surface area contributed by atoms with Crippen molar-refractivity contribution in [3.8, 4) is 17.0 Å². The SMILES string of the molecule is CCCC1Cn2c(=O)n(C)c3cnc4ccc(-c5ccc(OCCCN6CCCCC6)nc5)c(c4c32)N1. The van der Waals surface area contributed by atoms with Crippen LogP contribution in [-0.2, 0) is 13.6 Å². The van der Waals surface area contributed by atoms with E-state index >= 15 is 0 Å². The normalized spacial score (nSPS) is 17.8. The number of ether oxygens (including phenoxy) is 1. The van der Waals surface area contributed by atoms with E-state index in [1.54, 1.807) is 4.57 Å². The second kappa shape index (κ2) is 10.2. The predicted octanol–water partition coefficient (Wildman–Crippen LogP) is 4.80. The lowest BCUT2D eigenvalue weighted by molar-refractivity contribution is 0.203. The van der Waals surface area contributed by atoms with Crippen molar-refractivity contribution in [1.82, 2.24) is 24.0 Å². The number of benzene rings is 1. The van der Waals surface area contributed by atoms with Gasteiger partial charge in [-0.05, 0) is 50.9 Å². The number of nitrogens with zero attached hydrogens (tertiary/aromatic N) is 5. The van der Waals surface area contributed by atoms with Crippen LogP contribution in [0.1, 0.15) is 45.4 Å². The van der Waals surface area contributed by atoms with Gasteiger partial charge in [0.1, 0.15) is 0 Å². The zero-order valence-electron chi connectivity index (χ0n) is 21.9. The number of pyridine rings is 2. The summed E-state index contributed by atoms with van der Waals surface area (Å²) in [5, 5.41) is 4.79. The second-order valence-electron chi connectivity index (χ2n) is 10.4. The van der Waals surface area contributed by atoms with E-state index in [0.29, 0.717) is 19.0 Å². The van der Waals surface area contributed by atoms with Crippen molar-refractivity contribution >= 4 is 27.6 Å². The number of imidazole rings is 1.